The van der Waals surface area contributed by atoms with Gasteiger partial charge in [0.2, 0.25) is 5.91 Å². The molecule has 0 bridgehead atoms. The smallest absolute Gasteiger partial charge is 0.243 e. The fourth-order valence-corrected chi connectivity index (χ4v) is 4.25. The van der Waals surface area contributed by atoms with Gasteiger partial charge in [-0.05, 0) is 85.2 Å². The van der Waals surface area contributed by atoms with E-state index in [-0.39, 0.29) is 23.5 Å². The molecule has 1 amide bonds. The van der Waals surface area contributed by atoms with Crippen molar-refractivity contribution < 1.29 is 13.6 Å². The van der Waals surface area contributed by atoms with Crippen LogP contribution in [0, 0.1) is 17.6 Å². The van der Waals surface area contributed by atoms with E-state index in [1.54, 1.807) is 18.3 Å². The highest BCUT2D eigenvalue weighted by molar-refractivity contribution is 5.87. The summed E-state index contributed by atoms with van der Waals surface area (Å²) in [6.07, 6.45) is 8.31. The van der Waals surface area contributed by atoms with E-state index in [1.165, 1.54) is 30.3 Å². The summed E-state index contributed by atoms with van der Waals surface area (Å²) in [5.74, 6) is -0.823. The van der Waals surface area contributed by atoms with Crippen LogP contribution in [0.4, 0.5) is 8.78 Å². The number of hydrogen-bond donors (Lipinski definition) is 1. The lowest BCUT2D eigenvalue weighted by molar-refractivity contribution is -0.116. The predicted molar refractivity (Wildman–Crippen MR) is 119 cm³/mol. The van der Waals surface area contributed by atoms with Gasteiger partial charge in [-0.1, -0.05) is 30.3 Å². The summed E-state index contributed by atoms with van der Waals surface area (Å²) in [6, 6.07) is 16.6. The molecule has 1 N–H and O–H groups in total. The average Bonchev–Trinajstić information content (AvgIpc) is 3.54. The minimum atomic E-state index is -0.516. The predicted octanol–water partition coefficient (Wildman–Crippen LogP) is 4.76. The first kappa shape index (κ1) is 21.8. The largest absolute Gasteiger partial charge is 0.353 e. The van der Waals surface area contributed by atoms with E-state index in [0.29, 0.717) is 13.0 Å². The lowest BCUT2D eigenvalue weighted by atomic mass is 9.85. The summed E-state index contributed by atoms with van der Waals surface area (Å²) in [6.45, 7) is 0.576. The number of carbonyl (C=O) groups is 1. The molecule has 0 unspecified atom stereocenters. The summed E-state index contributed by atoms with van der Waals surface area (Å²) in [5.41, 5.74) is 2.01. The molecule has 0 aliphatic heterocycles. The molecule has 0 saturated heterocycles. The quantitative estimate of drug-likeness (QED) is 0.391. The van der Waals surface area contributed by atoms with E-state index < -0.39 is 5.41 Å². The van der Waals surface area contributed by atoms with Gasteiger partial charge in [-0.15, -0.1) is 0 Å². The lowest BCUT2D eigenvalue weighted by Gasteiger charge is -2.18. The van der Waals surface area contributed by atoms with Crippen LogP contribution in [0.3, 0.4) is 0 Å². The van der Waals surface area contributed by atoms with Crippen molar-refractivity contribution in [3.05, 3.63) is 107 Å². The highest BCUT2D eigenvalue weighted by Gasteiger charge is 2.55. The molecule has 6 heteroatoms. The first-order valence-electron chi connectivity index (χ1n) is 10.8. The number of aromatic nitrogens is 2. The number of halogens is 2. The number of unbranched alkanes of at least 4 members (excludes halogenated alkanes) is 1. The van der Waals surface area contributed by atoms with Gasteiger partial charge in [0.25, 0.3) is 0 Å². The minimum absolute atomic E-state index is 0.00601. The molecular weight excluding hydrogens is 408 g/mol. The summed E-state index contributed by atoms with van der Waals surface area (Å²) in [5, 5.41) is 10.8. The summed E-state index contributed by atoms with van der Waals surface area (Å²) < 4.78 is 27.8. The molecule has 1 fully saturated rings. The van der Waals surface area contributed by atoms with Crippen LogP contribution >= 0.6 is 0 Å². The van der Waals surface area contributed by atoms with Gasteiger partial charge in [-0.2, -0.15) is 10.2 Å². The zero-order chi connectivity index (χ0) is 22.4. The number of benzene rings is 2. The normalized spacial score (nSPS) is 16.8. The molecule has 1 saturated carbocycles. The molecule has 4 nitrogen and oxygen atoms in total. The average molecular weight is 434 g/mol. The Balaban J connectivity index is 1.35. The van der Waals surface area contributed by atoms with Crippen LogP contribution in [0.1, 0.15) is 36.1 Å². The Morgan fingerprint density at radius 1 is 1.03 bits per heavy atom. The van der Waals surface area contributed by atoms with Gasteiger partial charge in [0, 0.05) is 18.2 Å². The van der Waals surface area contributed by atoms with Crippen molar-refractivity contribution in [1.82, 2.24) is 15.5 Å². The van der Waals surface area contributed by atoms with E-state index in [9.17, 15) is 13.6 Å². The second-order valence-corrected chi connectivity index (χ2v) is 8.12. The Bertz CT molecular complexity index is 1060. The van der Waals surface area contributed by atoms with Gasteiger partial charge in [0.05, 0.1) is 5.69 Å². The topological polar surface area (TPSA) is 54.9 Å². The molecule has 1 aliphatic carbocycles. The number of allylic oxidation sites excluding steroid dienone is 1. The van der Waals surface area contributed by atoms with Gasteiger partial charge >= 0.3 is 0 Å². The number of nitrogens with one attached hydrogen (secondary N) is 1. The molecule has 3 aromatic rings. The highest BCUT2D eigenvalue weighted by atomic mass is 19.1. The van der Waals surface area contributed by atoms with Crippen LogP contribution < -0.4 is 5.32 Å². The zero-order valence-electron chi connectivity index (χ0n) is 17.7. The summed E-state index contributed by atoms with van der Waals surface area (Å²) in [7, 11) is 0. The third-order valence-corrected chi connectivity index (χ3v) is 5.96. The molecule has 1 heterocycles. The van der Waals surface area contributed by atoms with Crippen molar-refractivity contribution >= 4 is 5.91 Å². The molecular formula is C26H25F2N3O. The fourth-order valence-electron chi connectivity index (χ4n) is 4.25. The molecule has 1 aliphatic rings. The van der Waals surface area contributed by atoms with E-state index in [4.69, 9.17) is 0 Å². The third-order valence-electron chi connectivity index (χ3n) is 5.96. The van der Waals surface area contributed by atoms with Crippen molar-refractivity contribution in [1.29, 1.82) is 0 Å². The Morgan fingerprint density at radius 3 is 2.38 bits per heavy atom. The monoisotopic (exact) mass is 433 g/mol. The molecule has 2 aromatic carbocycles. The second kappa shape index (κ2) is 9.81. The third kappa shape index (κ3) is 5.07. The fraction of sp³-hybridized carbons (Fsp3) is 0.269. The first-order chi connectivity index (χ1) is 15.6. The van der Waals surface area contributed by atoms with Crippen molar-refractivity contribution in [2.75, 3.05) is 6.54 Å². The van der Waals surface area contributed by atoms with Gasteiger partial charge in [0.1, 0.15) is 11.6 Å². The van der Waals surface area contributed by atoms with Crippen LogP contribution in [-0.4, -0.2) is 22.6 Å². The number of hydrogen-bond acceptors (Lipinski definition) is 3. The van der Waals surface area contributed by atoms with E-state index in [2.05, 4.69) is 15.5 Å². The second-order valence-electron chi connectivity index (χ2n) is 8.12. The number of amides is 1. The number of nitrogens with zero attached hydrogens (tertiary/aromatic N) is 2. The van der Waals surface area contributed by atoms with Crippen LogP contribution in [0.25, 0.3) is 0 Å². The lowest BCUT2D eigenvalue weighted by Crippen LogP contribution is -2.22. The highest BCUT2D eigenvalue weighted by Crippen LogP contribution is 2.59. The maximum Gasteiger partial charge on any atom is 0.243 e. The van der Waals surface area contributed by atoms with Crippen molar-refractivity contribution in [3.8, 4) is 0 Å². The van der Waals surface area contributed by atoms with Crippen molar-refractivity contribution in [2.24, 2.45) is 5.92 Å². The van der Waals surface area contributed by atoms with E-state index >= 15 is 0 Å². The first-order valence-corrected chi connectivity index (χ1v) is 10.8. The molecule has 32 heavy (non-hydrogen) atoms. The zero-order valence-corrected chi connectivity index (χ0v) is 17.7. The number of aryl methyl sites for hydroxylation is 1. The molecule has 1 aromatic heterocycles. The Labute approximate surface area is 186 Å². The van der Waals surface area contributed by atoms with E-state index in [1.807, 2.05) is 30.3 Å². The molecule has 4 rings (SSSR count). The number of rotatable bonds is 9. The number of carbonyl (C=O) groups excluding carboxylic acids is 1. The maximum absolute atomic E-state index is 13.9. The maximum atomic E-state index is 13.9. The minimum Gasteiger partial charge on any atom is -0.353 e. The van der Waals surface area contributed by atoms with Gasteiger partial charge in [-0.3, -0.25) is 4.79 Å². The Morgan fingerprint density at radius 2 is 1.75 bits per heavy atom. The summed E-state index contributed by atoms with van der Waals surface area (Å²) >= 11 is 0. The van der Waals surface area contributed by atoms with Crippen molar-refractivity contribution in [2.45, 2.75) is 31.1 Å². The molecule has 164 valence electrons. The Kier molecular flexibility index (Phi) is 6.69. The van der Waals surface area contributed by atoms with Gasteiger partial charge < -0.3 is 5.32 Å². The van der Waals surface area contributed by atoms with Gasteiger partial charge in [0.15, 0.2) is 0 Å². The van der Waals surface area contributed by atoms with E-state index in [0.717, 1.165) is 36.1 Å². The molecule has 0 spiro atoms. The Hall–Kier alpha value is -3.41. The SMILES string of the molecule is O=C(/C=C/[C@@H]1CC1(c1cccc(F)c1)c1cccc(F)c1)NCCCCc1cccnn1. The summed E-state index contributed by atoms with van der Waals surface area (Å²) in [4.78, 5) is 12.3. The van der Waals surface area contributed by atoms with Crippen LogP contribution in [-0.2, 0) is 16.6 Å². The van der Waals surface area contributed by atoms with Crippen molar-refractivity contribution in [3.63, 3.8) is 0 Å². The standard InChI is InChI=1S/C26H25F2N3O/c27-22-8-3-6-19(16-22)26(20-7-4-9-23(28)17-20)18-21(26)12-13-25(32)29-14-2-1-10-24-11-5-15-30-31-24/h3-9,11-13,15-17,21H,1-2,10,14,18H2,(H,29,32)/b13-12+/t21-/m1/s1. The molecule has 1 atom stereocenters. The molecule has 0 radical (unpaired) electrons. The van der Waals surface area contributed by atoms with Crippen LogP contribution in [0.15, 0.2) is 79.0 Å². The van der Waals surface area contributed by atoms with Crippen LogP contribution in [0.2, 0.25) is 0 Å². The van der Waals surface area contributed by atoms with Gasteiger partial charge in [-0.25, -0.2) is 8.78 Å². The van der Waals surface area contributed by atoms with Crippen LogP contribution in [0.5, 0.6) is 0 Å².